The molecule has 0 spiro atoms. The summed E-state index contributed by atoms with van der Waals surface area (Å²) < 4.78 is 10.8. The summed E-state index contributed by atoms with van der Waals surface area (Å²) in [6, 6.07) is 7.67. The number of benzene rings is 1. The number of rotatable bonds is 6. The van der Waals surface area contributed by atoms with Crippen LogP contribution in [0.4, 0.5) is 0 Å². The number of piperidine rings is 1. The molecule has 0 radical (unpaired) electrons. The molecule has 1 atom stereocenters. The van der Waals surface area contributed by atoms with Gasteiger partial charge in [-0.2, -0.15) is 0 Å². The molecule has 1 aromatic carbocycles. The van der Waals surface area contributed by atoms with Gasteiger partial charge in [-0.15, -0.1) is 0 Å². The van der Waals surface area contributed by atoms with Gasteiger partial charge in [0.15, 0.2) is 0 Å². The van der Waals surface area contributed by atoms with Crippen molar-refractivity contribution >= 4 is 0 Å². The predicted octanol–water partition coefficient (Wildman–Crippen LogP) is 2.17. The number of aliphatic hydroxyl groups excluding tert-OH is 1. The summed E-state index contributed by atoms with van der Waals surface area (Å²) in [5.41, 5.74) is 0. The zero-order chi connectivity index (χ0) is 14.4. The summed E-state index contributed by atoms with van der Waals surface area (Å²) in [6.07, 6.45) is 1.99. The lowest BCUT2D eigenvalue weighted by Gasteiger charge is -2.33. The van der Waals surface area contributed by atoms with Crippen molar-refractivity contribution in [3.05, 3.63) is 24.3 Å². The molecule has 1 heterocycles. The highest BCUT2D eigenvalue weighted by molar-refractivity contribution is 5.31. The molecule has 1 fully saturated rings. The van der Waals surface area contributed by atoms with Gasteiger partial charge in [-0.1, -0.05) is 0 Å². The predicted molar refractivity (Wildman–Crippen MR) is 79.3 cm³/mol. The van der Waals surface area contributed by atoms with Crippen LogP contribution in [0.2, 0.25) is 0 Å². The van der Waals surface area contributed by atoms with Crippen molar-refractivity contribution in [3.63, 3.8) is 0 Å². The zero-order valence-electron chi connectivity index (χ0n) is 12.4. The molecule has 1 aliphatic rings. The molecular formula is C16H25NO3. The monoisotopic (exact) mass is 279 g/mol. The lowest BCUT2D eigenvalue weighted by atomic mass is 9.92. The van der Waals surface area contributed by atoms with Gasteiger partial charge in [-0.3, -0.25) is 4.90 Å². The Morgan fingerprint density at radius 2 is 1.80 bits per heavy atom. The molecule has 4 nitrogen and oxygen atoms in total. The van der Waals surface area contributed by atoms with Gasteiger partial charge < -0.3 is 14.6 Å². The Labute approximate surface area is 121 Å². The van der Waals surface area contributed by atoms with Crippen LogP contribution >= 0.6 is 0 Å². The maximum Gasteiger partial charge on any atom is 0.119 e. The normalized spacial score (nSPS) is 18.8. The first-order valence-corrected chi connectivity index (χ1v) is 7.36. The van der Waals surface area contributed by atoms with Gasteiger partial charge in [0.25, 0.3) is 0 Å². The van der Waals surface area contributed by atoms with Crippen molar-refractivity contribution in [1.29, 1.82) is 0 Å². The summed E-state index contributed by atoms with van der Waals surface area (Å²) in [6.45, 7) is 5.65. The Bertz CT molecular complexity index is 383. The number of aliphatic hydroxyl groups is 1. The highest BCUT2D eigenvalue weighted by Crippen LogP contribution is 2.20. The maximum atomic E-state index is 9.58. The number of hydrogen-bond acceptors (Lipinski definition) is 4. The van der Waals surface area contributed by atoms with Gasteiger partial charge in [0, 0.05) is 6.54 Å². The minimum atomic E-state index is -0.173. The largest absolute Gasteiger partial charge is 0.497 e. The highest BCUT2D eigenvalue weighted by atomic mass is 16.5. The molecule has 1 aromatic rings. The summed E-state index contributed by atoms with van der Waals surface area (Å²) in [7, 11) is 1.66. The van der Waals surface area contributed by atoms with E-state index in [1.807, 2.05) is 31.2 Å². The van der Waals surface area contributed by atoms with E-state index in [-0.39, 0.29) is 6.10 Å². The van der Waals surface area contributed by atoms with Crippen molar-refractivity contribution in [2.45, 2.75) is 25.9 Å². The van der Waals surface area contributed by atoms with Crippen molar-refractivity contribution in [3.8, 4) is 11.5 Å². The molecule has 0 aromatic heterocycles. The maximum absolute atomic E-state index is 9.58. The second-order valence-electron chi connectivity index (χ2n) is 5.44. The number of ether oxygens (including phenoxy) is 2. The van der Waals surface area contributed by atoms with E-state index in [1.54, 1.807) is 7.11 Å². The van der Waals surface area contributed by atoms with Gasteiger partial charge in [0.05, 0.1) is 13.2 Å². The van der Waals surface area contributed by atoms with E-state index in [0.717, 1.165) is 44.0 Å². The molecular weight excluding hydrogens is 254 g/mol. The molecule has 2 rings (SSSR count). The molecule has 1 aliphatic heterocycles. The summed E-state index contributed by atoms with van der Waals surface area (Å²) in [4.78, 5) is 2.41. The number of methoxy groups -OCH3 is 1. The first-order valence-electron chi connectivity index (χ1n) is 7.36. The molecule has 1 N–H and O–H groups in total. The standard InChI is InChI=1S/C16H25NO3/c1-13(18)14-7-9-17(10-8-14)11-12-20-16-5-3-15(19-2)4-6-16/h3-6,13-14,18H,7-12H2,1-2H3. The second-order valence-corrected chi connectivity index (χ2v) is 5.44. The number of hydrogen-bond donors (Lipinski definition) is 1. The average molecular weight is 279 g/mol. The summed E-state index contributed by atoms with van der Waals surface area (Å²) >= 11 is 0. The first-order chi connectivity index (χ1) is 9.69. The van der Waals surface area contributed by atoms with Crippen LogP contribution in [0, 0.1) is 5.92 Å². The van der Waals surface area contributed by atoms with Crippen molar-refractivity contribution in [2.24, 2.45) is 5.92 Å². The van der Waals surface area contributed by atoms with Crippen molar-refractivity contribution in [1.82, 2.24) is 4.90 Å². The molecule has 20 heavy (non-hydrogen) atoms. The van der Waals surface area contributed by atoms with Crippen molar-refractivity contribution < 1.29 is 14.6 Å². The summed E-state index contributed by atoms with van der Waals surface area (Å²) in [5.74, 6) is 2.19. The molecule has 1 saturated heterocycles. The third-order valence-electron chi connectivity index (χ3n) is 4.05. The van der Waals surface area contributed by atoms with Crippen LogP contribution in [-0.4, -0.2) is 49.5 Å². The van der Waals surface area contributed by atoms with E-state index in [0.29, 0.717) is 12.5 Å². The average Bonchev–Trinajstić information content (AvgIpc) is 2.48. The minimum Gasteiger partial charge on any atom is -0.497 e. The molecule has 112 valence electrons. The van der Waals surface area contributed by atoms with Gasteiger partial charge in [-0.05, 0) is 63.0 Å². The molecule has 0 aliphatic carbocycles. The number of nitrogens with zero attached hydrogens (tertiary/aromatic N) is 1. The molecule has 0 saturated carbocycles. The Morgan fingerprint density at radius 3 is 2.35 bits per heavy atom. The molecule has 0 bridgehead atoms. The van der Waals surface area contributed by atoms with Gasteiger partial charge in [-0.25, -0.2) is 0 Å². The summed E-state index contributed by atoms with van der Waals surface area (Å²) in [5, 5.41) is 9.58. The Kier molecular flexibility index (Phi) is 5.68. The fourth-order valence-corrected chi connectivity index (χ4v) is 2.62. The zero-order valence-corrected chi connectivity index (χ0v) is 12.4. The van der Waals surface area contributed by atoms with Crippen LogP contribution in [0.25, 0.3) is 0 Å². The third kappa shape index (κ3) is 4.39. The quantitative estimate of drug-likeness (QED) is 0.866. The van der Waals surface area contributed by atoms with Gasteiger partial charge >= 0.3 is 0 Å². The van der Waals surface area contributed by atoms with Crippen LogP contribution in [0.15, 0.2) is 24.3 Å². The third-order valence-corrected chi connectivity index (χ3v) is 4.05. The Balaban J connectivity index is 1.66. The van der Waals surface area contributed by atoms with Crippen LogP contribution in [0.3, 0.4) is 0 Å². The smallest absolute Gasteiger partial charge is 0.119 e. The van der Waals surface area contributed by atoms with E-state index in [1.165, 1.54) is 0 Å². The van der Waals surface area contributed by atoms with E-state index >= 15 is 0 Å². The Morgan fingerprint density at radius 1 is 1.20 bits per heavy atom. The second kappa shape index (κ2) is 7.50. The van der Waals surface area contributed by atoms with E-state index in [9.17, 15) is 5.11 Å². The fourth-order valence-electron chi connectivity index (χ4n) is 2.62. The Hall–Kier alpha value is -1.26. The SMILES string of the molecule is COc1ccc(OCCN2CCC(C(C)O)CC2)cc1. The lowest BCUT2D eigenvalue weighted by molar-refractivity contribution is 0.0672. The topological polar surface area (TPSA) is 41.9 Å². The van der Waals surface area contributed by atoms with E-state index in [4.69, 9.17) is 9.47 Å². The van der Waals surface area contributed by atoms with Gasteiger partial charge in [0.1, 0.15) is 18.1 Å². The van der Waals surface area contributed by atoms with Crippen LogP contribution in [0.5, 0.6) is 11.5 Å². The highest BCUT2D eigenvalue weighted by Gasteiger charge is 2.22. The molecule has 0 amide bonds. The fraction of sp³-hybridized carbons (Fsp3) is 0.625. The first kappa shape index (κ1) is 15.1. The number of likely N-dealkylation sites (tertiary alicyclic amines) is 1. The minimum absolute atomic E-state index is 0.173. The van der Waals surface area contributed by atoms with Gasteiger partial charge in [0.2, 0.25) is 0 Å². The van der Waals surface area contributed by atoms with Crippen LogP contribution in [-0.2, 0) is 0 Å². The van der Waals surface area contributed by atoms with Crippen LogP contribution in [0.1, 0.15) is 19.8 Å². The van der Waals surface area contributed by atoms with E-state index < -0.39 is 0 Å². The lowest BCUT2D eigenvalue weighted by Crippen LogP contribution is -2.39. The van der Waals surface area contributed by atoms with E-state index in [2.05, 4.69) is 4.90 Å². The van der Waals surface area contributed by atoms with Crippen LogP contribution < -0.4 is 9.47 Å². The van der Waals surface area contributed by atoms with Crippen molar-refractivity contribution in [2.75, 3.05) is 33.4 Å². The molecule has 4 heteroatoms. The molecule has 1 unspecified atom stereocenters.